The van der Waals surface area contributed by atoms with E-state index in [2.05, 4.69) is 24.0 Å². The molecule has 0 aliphatic heterocycles. The van der Waals surface area contributed by atoms with Crippen molar-refractivity contribution in [1.82, 2.24) is 15.0 Å². The first kappa shape index (κ1) is 12.8. The second-order valence-electron chi connectivity index (χ2n) is 4.88. The Morgan fingerprint density at radius 3 is 2.56 bits per heavy atom. The maximum absolute atomic E-state index is 10.0. The van der Waals surface area contributed by atoms with Gasteiger partial charge in [-0.15, -0.1) is 0 Å². The molecule has 1 atom stereocenters. The van der Waals surface area contributed by atoms with Gasteiger partial charge in [-0.1, -0.05) is 32.0 Å². The van der Waals surface area contributed by atoms with Crippen LogP contribution >= 0.6 is 0 Å². The van der Waals surface area contributed by atoms with Crippen molar-refractivity contribution in [2.24, 2.45) is 5.92 Å². The number of aliphatic hydroxyl groups excluding tert-OH is 1. The Morgan fingerprint density at radius 2 is 1.89 bits per heavy atom. The fraction of sp³-hybridized carbons (Fsp3) is 0.429. The van der Waals surface area contributed by atoms with Gasteiger partial charge in [0.05, 0.1) is 18.0 Å². The van der Waals surface area contributed by atoms with Crippen molar-refractivity contribution in [3.05, 3.63) is 42.2 Å². The number of aliphatic hydroxyl groups is 1. The molecule has 1 aromatic heterocycles. The van der Waals surface area contributed by atoms with E-state index in [1.807, 2.05) is 30.3 Å². The fourth-order valence-electron chi connectivity index (χ4n) is 1.75. The molecular weight excluding hydrogens is 226 g/mol. The van der Waals surface area contributed by atoms with Crippen molar-refractivity contribution < 1.29 is 5.11 Å². The summed E-state index contributed by atoms with van der Waals surface area (Å²) in [6.07, 6.45) is 2.83. The minimum Gasteiger partial charge on any atom is -0.387 e. The van der Waals surface area contributed by atoms with E-state index in [0.717, 1.165) is 18.5 Å². The largest absolute Gasteiger partial charge is 0.387 e. The van der Waals surface area contributed by atoms with Gasteiger partial charge in [0, 0.05) is 0 Å². The van der Waals surface area contributed by atoms with Crippen LogP contribution in [0.1, 0.15) is 38.5 Å². The summed E-state index contributed by atoms with van der Waals surface area (Å²) in [6, 6.07) is 9.70. The Kier molecular flexibility index (Phi) is 4.10. The molecule has 0 spiro atoms. The van der Waals surface area contributed by atoms with Crippen LogP contribution in [0.4, 0.5) is 0 Å². The van der Waals surface area contributed by atoms with Crippen LogP contribution in [0.25, 0.3) is 5.69 Å². The molecule has 0 aliphatic rings. The summed E-state index contributed by atoms with van der Waals surface area (Å²) in [4.78, 5) is 1.55. The molecule has 0 aliphatic carbocycles. The van der Waals surface area contributed by atoms with Crippen LogP contribution in [-0.4, -0.2) is 20.1 Å². The fourth-order valence-corrected chi connectivity index (χ4v) is 1.75. The molecule has 0 saturated carbocycles. The minimum atomic E-state index is -0.523. The molecule has 96 valence electrons. The molecule has 2 aromatic rings. The van der Waals surface area contributed by atoms with Gasteiger partial charge in [0.25, 0.3) is 0 Å². The van der Waals surface area contributed by atoms with Gasteiger partial charge in [-0.05, 0) is 30.9 Å². The average molecular weight is 245 g/mol. The van der Waals surface area contributed by atoms with Gasteiger partial charge in [-0.3, -0.25) is 0 Å². The van der Waals surface area contributed by atoms with Crippen LogP contribution < -0.4 is 0 Å². The summed E-state index contributed by atoms with van der Waals surface area (Å²) in [5.41, 5.74) is 1.54. The van der Waals surface area contributed by atoms with Gasteiger partial charge in [0.2, 0.25) is 0 Å². The molecule has 0 radical (unpaired) electrons. The first-order valence-electron chi connectivity index (χ1n) is 6.32. The van der Waals surface area contributed by atoms with E-state index >= 15 is 0 Å². The van der Waals surface area contributed by atoms with Crippen molar-refractivity contribution in [1.29, 1.82) is 0 Å². The van der Waals surface area contributed by atoms with Gasteiger partial charge in [-0.2, -0.15) is 15.0 Å². The number of hydrogen-bond acceptors (Lipinski definition) is 3. The molecule has 4 heteroatoms. The van der Waals surface area contributed by atoms with Gasteiger partial charge < -0.3 is 5.11 Å². The number of nitrogens with zero attached hydrogens (tertiary/aromatic N) is 3. The molecule has 0 fully saturated rings. The molecule has 1 aromatic carbocycles. The molecule has 18 heavy (non-hydrogen) atoms. The molecule has 1 heterocycles. The number of rotatable bonds is 5. The third kappa shape index (κ3) is 3.17. The van der Waals surface area contributed by atoms with E-state index in [-0.39, 0.29) is 0 Å². The first-order valence-corrected chi connectivity index (χ1v) is 6.32. The van der Waals surface area contributed by atoms with Crippen LogP contribution in [0.2, 0.25) is 0 Å². The summed E-state index contributed by atoms with van der Waals surface area (Å²) >= 11 is 0. The van der Waals surface area contributed by atoms with E-state index in [9.17, 15) is 5.11 Å². The Balaban J connectivity index is 2.06. The zero-order valence-corrected chi connectivity index (χ0v) is 10.8. The first-order chi connectivity index (χ1) is 8.66. The van der Waals surface area contributed by atoms with Crippen molar-refractivity contribution >= 4 is 0 Å². The van der Waals surface area contributed by atoms with Crippen LogP contribution in [0.15, 0.2) is 36.5 Å². The summed E-state index contributed by atoms with van der Waals surface area (Å²) in [6.45, 7) is 4.29. The zero-order valence-electron chi connectivity index (χ0n) is 10.8. The van der Waals surface area contributed by atoms with Crippen molar-refractivity contribution in [3.63, 3.8) is 0 Å². The lowest BCUT2D eigenvalue weighted by Crippen LogP contribution is -2.03. The zero-order chi connectivity index (χ0) is 13.0. The van der Waals surface area contributed by atoms with Gasteiger partial charge in [-0.25, -0.2) is 0 Å². The molecule has 0 amide bonds. The summed E-state index contributed by atoms with van der Waals surface area (Å²) in [7, 11) is 0. The van der Waals surface area contributed by atoms with E-state index < -0.39 is 6.10 Å². The Bertz CT molecular complexity index is 479. The highest BCUT2D eigenvalue weighted by molar-refractivity contribution is 5.28. The molecular formula is C14H19N3O. The topological polar surface area (TPSA) is 50.9 Å². The number of para-hydroxylation sites is 1. The molecule has 0 bridgehead atoms. The maximum Gasteiger partial charge on any atom is 0.112 e. The minimum absolute atomic E-state index is 0.523. The lowest BCUT2D eigenvalue weighted by atomic mass is 10.0. The highest BCUT2D eigenvalue weighted by Crippen LogP contribution is 2.19. The van der Waals surface area contributed by atoms with Crippen LogP contribution in [-0.2, 0) is 0 Å². The second kappa shape index (κ2) is 5.78. The predicted molar refractivity (Wildman–Crippen MR) is 70.4 cm³/mol. The van der Waals surface area contributed by atoms with E-state index in [4.69, 9.17) is 0 Å². The second-order valence-corrected chi connectivity index (χ2v) is 4.88. The molecule has 0 saturated heterocycles. The number of hydrogen-bond donors (Lipinski definition) is 1. The smallest absolute Gasteiger partial charge is 0.112 e. The number of benzene rings is 1. The van der Waals surface area contributed by atoms with Crippen molar-refractivity contribution in [3.8, 4) is 5.69 Å². The van der Waals surface area contributed by atoms with E-state index in [1.54, 1.807) is 11.0 Å². The SMILES string of the molecule is CC(C)CCC(O)c1cnn(-c2ccccc2)n1. The van der Waals surface area contributed by atoms with Crippen molar-refractivity contribution in [2.45, 2.75) is 32.8 Å². The quantitative estimate of drug-likeness (QED) is 0.881. The van der Waals surface area contributed by atoms with Crippen LogP contribution in [0.5, 0.6) is 0 Å². The van der Waals surface area contributed by atoms with Crippen LogP contribution in [0.3, 0.4) is 0 Å². The van der Waals surface area contributed by atoms with E-state index in [1.165, 1.54) is 0 Å². The highest BCUT2D eigenvalue weighted by atomic mass is 16.3. The average Bonchev–Trinajstić information content (AvgIpc) is 2.86. The molecule has 2 rings (SSSR count). The normalized spacial score (nSPS) is 12.9. The van der Waals surface area contributed by atoms with E-state index in [0.29, 0.717) is 11.6 Å². The monoisotopic (exact) mass is 245 g/mol. The van der Waals surface area contributed by atoms with Crippen LogP contribution in [0, 0.1) is 5.92 Å². The standard InChI is InChI=1S/C14H19N3O/c1-11(2)8-9-14(18)13-10-15-17(16-13)12-6-4-3-5-7-12/h3-7,10-11,14,18H,8-9H2,1-2H3. The predicted octanol–water partition coefficient (Wildman–Crippen LogP) is 2.74. The molecule has 4 nitrogen and oxygen atoms in total. The Labute approximate surface area is 107 Å². The Hall–Kier alpha value is -1.68. The summed E-state index contributed by atoms with van der Waals surface area (Å²) in [5, 5.41) is 18.5. The summed E-state index contributed by atoms with van der Waals surface area (Å²) in [5.74, 6) is 0.587. The Morgan fingerprint density at radius 1 is 1.17 bits per heavy atom. The lowest BCUT2D eigenvalue weighted by Gasteiger charge is -2.08. The third-order valence-corrected chi connectivity index (χ3v) is 2.86. The summed E-state index contributed by atoms with van der Waals surface area (Å²) < 4.78 is 0. The van der Waals surface area contributed by atoms with Crippen molar-refractivity contribution in [2.75, 3.05) is 0 Å². The maximum atomic E-state index is 10.0. The van der Waals surface area contributed by atoms with Gasteiger partial charge in [0.1, 0.15) is 5.69 Å². The van der Waals surface area contributed by atoms with Gasteiger partial charge >= 0.3 is 0 Å². The lowest BCUT2D eigenvalue weighted by molar-refractivity contribution is 0.154. The third-order valence-electron chi connectivity index (χ3n) is 2.86. The number of aromatic nitrogens is 3. The molecule has 1 N–H and O–H groups in total. The van der Waals surface area contributed by atoms with Gasteiger partial charge in [0.15, 0.2) is 0 Å². The highest BCUT2D eigenvalue weighted by Gasteiger charge is 2.13. The molecule has 1 unspecified atom stereocenters.